The van der Waals surface area contributed by atoms with Crippen molar-refractivity contribution in [2.24, 2.45) is 5.92 Å². The van der Waals surface area contributed by atoms with Crippen molar-refractivity contribution in [2.45, 2.75) is 6.42 Å². The van der Waals surface area contributed by atoms with Crippen LogP contribution in [0.25, 0.3) is 16.6 Å². The number of methoxy groups -OCH3 is 1. The van der Waals surface area contributed by atoms with E-state index in [0.717, 1.165) is 22.2 Å². The fraction of sp³-hybridized carbons (Fsp3) is 0.182. The fourth-order valence-corrected chi connectivity index (χ4v) is 3.08. The van der Waals surface area contributed by atoms with Crippen molar-refractivity contribution < 1.29 is 19.1 Å². The third-order valence-corrected chi connectivity index (χ3v) is 4.39. The molecule has 0 aliphatic heterocycles. The predicted octanol–water partition coefficient (Wildman–Crippen LogP) is 3.69. The van der Waals surface area contributed by atoms with E-state index in [1.807, 2.05) is 65.4 Å². The van der Waals surface area contributed by atoms with Crippen LogP contribution in [-0.2, 0) is 25.5 Å². The molecule has 27 heavy (non-hydrogen) atoms. The normalized spacial score (nSPS) is 11.7. The number of rotatable bonds is 7. The van der Waals surface area contributed by atoms with E-state index in [1.54, 1.807) is 0 Å². The van der Waals surface area contributed by atoms with E-state index >= 15 is 0 Å². The van der Waals surface area contributed by atoms with Crippen molar-refractivity contribution in [1.29, 1.82) is 0 Å². The second-order valence-electron chi connectivity index (χ2n) is 6.07. The van der Waals surface area contributed by atoms with E-state index < -0.39 is 17.9 Å². The smallest absolute Gasteiger partial charge is 0.320 e. The number of esters is 2. The Kier molecular flexibility index (Phi) is 5.71. The number of nitrogens with zero attached hydrogens (tertiary/aromatic N) is 1. The summed E-state index contributed by atoms with van der Waals surface area (Å²) in [7, 11) is 1.27. The maximum Gasteiger partial charge on any atom is 0.320 e. The number of carbonyl (C=O) groups excluding carboxylic acids is 2. The second kappa shape index (κ2) is 8.36. The summed E-state index contributed by atoms with van der Waals surface area (Å²) in [5, 5.41) is 1.11. The Morgan fingerprint density at radius 1 is 1.07 bits per heavy atom. The first-order chi connectivity index (χ1) is 13.2. The van der Waals surface area contributed by atoms with Crippen LogP contribution in [0.3, 0.4) is 0 Å². The molecule has 0 amide bonds. The summed E-state index contributed by atoms with van der Waals surface area (Å²) in [6.45, 7) is 3.57. The lowest BCUT2D eigenvalue weighted by Crippen LogP contribution is -2.29. The van der Waals surface area contributed by atoms with Crippen LogP contribution < -0.4 is 0 Å². The van der Waals surface area contributed by atoms with Crippen LogP contribution in [0.15, 0.2) is 73.4 Å². The molecule has 0 N–H and O–H groups in total. The van der Waals surface area contributed by atoms with Crippen LogP contribution in [0.5, 0.6) is 0 Å². The third kappa shape index (κ3) is 3.92. The zero-order chi connectivity index (χ0) is 19.2. The molecule has 1 atom stereocenters. The number of para-hydroxylation sites is 2. The molecule has 0 saturated carbocycles. The summed E-state index contributed by atoms with van der Waals surface area (Å²) >= 11 is 0. The first kappa shape index (κ1) is 18.5. The Hall–Kier alpha value is -3.34. The van der Waals surface area contributed by atoms with Gasteiger partial charge < -0.3 is 14.0 Å². The highest BCUT2D eigenvalue weighted by Crippen LogP contribution is 2.25. The Bertz CT molecular complexity index is 973. The lowest BCUT2D eigenvalue weighted by molar-refractivity contribution is -0.159. The maximum atomic E-state index is 12.3. The lowest BCUT2D eigenvalue weighted by Gasteiger charge is -2.17. The van der Waals surface area contributed by atoms with E-state index in [9.17, 15) is 9.59 Å². The van der Waals surface area contributed by atoms with E-state index in [0.29, 0.717) is 0 Å². The molecule has 0 bridgehead atoms. The van der Waals surface area contributed by atoms with Gasteiger partial charge in [0.1, 0.15) is 6.61 Å². The molecule has 0 aliphatic rings. The number of hydrogen-bond donors (Lipinski definition) is 0. The van der Waals surface area contributed by atoms with Gasteiger partial charge in [-0.1, -0.05) is 49.1 Å². The van der Waals surface area contributed by atoms with Crippen molar-refractivity contribution in [3.63, 3.8) is 0 Å². The average molecular weight is 363 g/mol. The average Bonchev–Trinajstić information content (AvgIpc) is 3.14. The van der Waals surface area contributed by atoms with Gasteiger partial charge in [-0.25, -0.2) is 0 Å². The topological polar surface area (TPSA) is 57.5 Å². The molecule has 0 radical (unpaired) electrons. The van der Waals surface area contributed by atoms with Crippen LogP contribution in [0.4, 0.5) is 0 Å². The van der Waals surface area contributed by atoms with Crippen molar-refractivity contribution in [1.82, 2.24) is 4.57 Å². The number of ether oxygens (including phenoxy) is 2. The van der Waals surface area contributed by atoms with E-state index in [-0.39, 0.29) is 13.0 Å². The van der Waals surface area contributed by atoms with Gasteiger partial charge in [0.2, 0.25) is 0 Å². The zero-order valence-electron chi connectivity index (χ0n) is 15.1. The molecule has 5 nitrogen and oxygen atoms in total. The maximum absolute atomic E-state index is 12.3. The fourth-order valence-electron chi connectivity index (χ4n) is 3.08. The molecule has 3 aromatic rings. The van der Waals surface area contributed by atoms with Crippen LogP contribution in [-0.4, -0.2) is 30.2 Å². The Morgan fingerprint density at radius 2 is 1.81 bits per heavy atom. The minimum absolute atomic E-state index is 0.0518. The molecule has 0 spiro atoms. The van der Waals surface area contributed by atoms with Crippen LogP contribution in [0.1, 0.15) is 5.56 Å². The molecule has 3 rings (SSSR count). The van der Waals surface area contributed by atoms with Gasteiger partial charge in [0.05, 0.1) is 12.6 Å². The lowest BCUT2D eigenvalue weighted by atomic mass is 9.98. The number of hydrogen-bond acceptors (Lipinski definition) is 4. The Labute approximate surface area is 157 Å². The summed E-state index contributed by atoms with van der Waals surface area (Å²) in [6.07, 6.45) is 3.63. The van der Waals surface area contributed by atoms with E-state index in [2.05, 4.69) is 6.58 Å². The SMILES string of the molecule is C=CCOC(=O)C(Cc1ccccc1-n1ccc2ccccc21)C(=O)OC. The molecule has 138 valence electrons. The molecule has 1 heterocycles. The van der Waals surface area contributed by atoms with Crippen LogP contribution >= 0.6 is 0 Å². The largest absolute Gasteiger partial charge is 0.468 e. The summed E-state index contributed by atoms with van der Waals surface area (Å²) in [6, 6.07) is 17.7. The van der Waals surface area contributed by atoms with E-state index in [1.165, 1.54) is 13.2 Å². The van der Waals surface area contributed by atoms with Gasteiger partial charge in [0.15, 0.2) is 5.92 Å². The molecule has 1 aromatic heterocycles. The summed E-state index contributed by atoms with van der Waals surface area (Å²) < 4.78 is 11.9. The van der Waals surface area contributed by atoms with Crippen molar-refractivity contribution >= 4 is 22.8 Å². The van der Waals surface area contributed by atoms with Crippen molar-refractivity contribution in [3.05, 3.63) is 79.0 Å². The molecule has 0 fully saturated rings. The summed E-state index contributed by atoms with van der Waals surface area (Å²) in [4.78, 5) is 24.5. The molecule has 2 aromatic carbocycles. The predicted molar refractivity (Wildman–Crippen MR) is 104 cm³/mol. The summed E-state index contributed by atoms with van der Waals surface area (Å²) in [5.74, 6) is -2.26. The second-order valence-corrected chi connectivity index (χ2v) is 6.07. The van der Waals surface area contributed by atoms with Crippen molar-refractivity contribution in [2.75, 3.05) is 13.7 Å². The molecule has 0 aliphatic carbocycles. The molecule has 1 unspecified atom stereocenters. The van der Waals surface area contributed by atoms with Gasteiger partial charge in [0, 0.05) is 11.9 Å². The molecular formula is C22H21NO4. The highest BCUT2D eigenvalue weighted by atomic mass is 16.5. The standard InChI is InChI=1S/C22H21NO4/c1-3-14-27-22(25)18(21(24)26-2)15-17-9-5-7-11-20(17)23-13-12-16-8-4-6-10-19(16)23/h3-13,18H,1,14-15H2,2H3. The first-order valence-corrected chi connectivity index (χ1v) is 8.65. The summed E-state index contributed by atoms with van der Waals surface area (Å²) in [5.41, 5.74) is 2.81. The zero-order valence-corrected chi connectivity index (χ0v) is 15.1. The first-order valence-electron chi connectivity index (χ1n) is 8.65. The number of aromatic nitrogens is 1. The molecular weight excluding hydrogens is 342 g/mol. The van der Waals surface area contributed by atoms with Gasteiger partial charge in [-0.2, -0.15) is 0 Å². The quantitative estimate of drug-likeness (QED) is 0.365. The monoisotopic (exact) mass is 363 g/mol. The van der Waals surface area contributed by atoms with Crippen molar-refractivity contribution in [3.8, 4) is 5.69 Å². The molecule has 0 saturated heterocycles. The van der Waals surface area contributed by atoms with Gasteiger partial charge in [-0.15, -0.1) is 0 Å². The number of fused-ring (bicyclic) bond motifs is 1. The minimum atomic E-state index is -1.03. The van der Waals surface area contributed by atoms with Gasteiger partial charge in [-0.3, -0.25) is 9.59 Å². The number of carbonyl (C=O) groups is 2. The Balaban J connectivity index is 1.98. The van der Waals surface area contributed by atoms with Gasteiger partial charge in [0.25, 0.3) is 0 Å². The van der Waals surface area contributed by atoms with E-state index in [4.69, 9.17) is 9.47 Å². The van der Waals surface area contributed by atoms with Crippen LogP contribution in [0, 0.1) is 5.92 Å². The van der Waals surface area contributed by atoms with Gasteiger partial charge in [-0.05, 0) is 35.6 Å². The third-order valence-electron chi connectivity index (χ3n) is 4.39. The number of benzene rings is 2. The minimum Gasteiger partial charge on any atom is -0.468 e. The molecule has 5 heteroatoms. The van der Waals surface area contributed by atoms with Crippen LogP contribution in [0.2, 0.25) is 0 Å². The highest BCUT2D eigenvalue weighted by Gasteiger charge is 2.30. The Morgan fingerprint density at radius 3 is 2.59 bits per heavy atom. The van der Waals surface area contributed by atoms with Gasteiger partial charge >= 0.3 is 11.9 Å². The highest BCUT2D eigenvalue weighted by molar-refractivity contribution is 5.95.